The van der Waals surface area contributed by atoms with E-state index in [4.69, 9.17) is 11.6 Å². The normalized spacial score (nSPS) is 11.3. The highest BCUT2D eigenvalue weighted by atomic mass is 35.5. The lowest BCUT2D eigenvalue weighted by Crippen LogP contribution is -2.14. The Morgan fingerprint density at radius 2 is 1.83 bits per heavy atom. The fraction of sp³-hybridized carbons (Fsp3) is 0. The van der Waals surface area contributed by atoms with Gasteiger partial charge >= 0.3 is 0 Å². The van der Waals surface area contributed by atoms with Gasteiger partial charge in [-0.1, -0.05) is 41.9 Å². The van der Waals surface area contributed by atoms with Crippen molar-refractivity contribution in [3.8, 4) is 11.3 Å². The van der Waals surface area contributed by atoms with Gasteiger partial charge in [-0.25, -0.2) is 17.4 Å². The molecule has 7 heteroatoms. The largest absolute Gasteiger partial charge is 0.298 e. The summed E-state index contributed by atoms with van der Waals surface area (Å²) in [6.45, 7) is 0. The number of aromatic nitrogens is 2. The fourth-order valence-electron chi connectivity index (χ4n) is 2.22. The van der Waals surface area contributed by atoms with E-state index in [9.17, 15) is 13.2 Å². The first-order valence-corrected chi connectivity index (χ1v) is 8.45. The lowest BCUT2D eigenvalue weighted by atomic mass is 10.1. The third kappa shape index (κ3) is 2.78. The Balaban J connectivity index is 2.26. The standard InChI is InChI=1S/C16H11ClN2O3S/c17-16-15(7-4-8-18-16)23(21,22)19-10-12(11-20)9-14(19)13-5-2-1-3-6-13/h1-11H. The second-order valence-corrected chi connectivity index (χ2v) is 6.88. The van der Waals surface area contributed by atoms with Crippen molar-refractivity contribution in [1.82, 2.24) is 8.96 Å². The fourth-order valence-corrected chi connectivity index (χ4v) is 4.03. The van der Waals surface area contributed by atoms with Gasteiger partial charge in [0, 0.05) is 18.0 Å². The molecule has 0 fully saturated rings. The van der Waals surface area contributed by atoms with Gasteiger partial charge in [-0.2, -0.15) is 0 Å². The van der Waals surface area contributed by atoms with Crippen LogP contribution in [0.1, 0.15) is 10.4 Å². The molecular formula is C16H11ClN2O3S. The molecular weight excluding hydrogens is 336 g/mol. The van der Waals surface area contributed by atoms with Crippen LogP contribution in [0, 0.1) is 0 Å². The summed E-state index contributed by atoms with van der Waals surface area (Å²) < 4.78 is 26.9. The van der Waals surface area contributed by atoms with E-state index < -0.39 is 10.0 Å². The Bertz CT molecular complexity index is 966. The number of carbonyl (C=O) groups excluding carboxylic acids is 1. The van der Waals surface area contributed by atoms with Crippen molar-refractivity contribution in [2.24, 2.45) is 0 Å². The Morgan fingerprint density at radius 1 is 1.09 bits per heavy atom. The zero-order chi connectivity index (χ0) is 16.4. The molecule has 0 amide bonds. The minimum atomic E-state index is -3.97. The molecule has 0 unspecified atom stereocenters. The topological polar surface area (TPSA) is 69.0 Å². The first kappa shape index (κ1) is 15.5. The van der Waals surface area contributed by atoms with E-state index in [0.717, 1.165) is 3.97 Å². The van der Waals surface area contributed by atoms with Crippen molar-refractivity contribution in [2.45, 2.75) is 4.90 Å². The Hall–Kier alpha value is -2.44. The van der Waals surface area contributed by atoms with Gasteiger partial charge in [-0.15, -0.1) is 0 Å². The molecule has 0 bridgehead atoms. The number of benzene rings is 1. The lowest BCUT2D eigenvalue weighted by Gasteiger charge is -2.11. The molecule has 0 atom stereocenters. The van der Waals surface area contributed by atoms with E-state index >= 15 is 0 Å². The number of hydrogen-bond donors (Lipinski definition) is 0. The van der Waals surface area contributed by atoms with Gasteiger partial charge in [0.1, 0.15) is 10.0 Å². The molecule has 0 aliphatic rings. The Morgan fingerprint density at radius 3 is 2.48 bits per heavy atom. The van der Waals surface area contributed by atoms with Crippen LogP contribution in [0.4, 0.5) is 0 Å². The van der Waals surface area contributed by atoms with E-state index in [0.29, 0.717) is 17.5 Å². The molecule has 2 heterocycles. The summed E-state index contributed by atoms with van der Waals surface area (Å²) in [5.74, 6) is 0. The Labute approximate surface area is 138 Å². The maximum atomic E-state index is 12.9. The highest BCUT2D eigenvalue weighted by Gasteiger charge is 2.24. The van der Waals surface area contributed by atoms with Gasteiger partial charge in [0.15, 0.2) is 6.29 Å². The van der Waals surface area contributed by atoms with E-state index in [1.165, 1.54) is 30.6 Å². The van der Waals surface area contributed by atoms with Crippen molar-refractivity contribution < 1.29 is 13.2 Å². The molecule has 2 aromatic heterocycles. The number of carbonyl (C=O) groups is 1. The maximum Gasteiger partial charge on any atom is 0.271 e. The van der Waals surface area contributed by atoms with E-state index in [2.05, 4.69) is 4.98 Å². The summed E-state index contributed by atoms with van der Waals surface area (Å²) in [5, 5.41) is -0.118. The smallest absolute Gasteiger partial charge is 0.271 e. The van der Waals surface area contributed by atoms with Gasteiger partial charge in [-0.3, -0.25) is 4.79 Å². The zero-order valence-corrected chi connectivity index (χ0v) is 13.3. The van der Waals surface area contributed by atoms with Crippen LogP contribution < -0.4 is 0 Å². The molecule has 0 saturated carbocycles. The number of pyridine rings is 1. The third-order valence-electron chi connectivity index (χ3n) is 3.27. The predicted molar refractivity (Wildman–Crippen MR) is 87.1 cm³/mol. The summed E-state index contributed by atoms with van der Waals surface area (Å²) in [6, 6.07) is 13.3. The van der Waals surface area contributed by atoms with Crippen LogP contribution >= 0.6 is 11.6 Å². The molecule has 23 heavy (non-hydrogen) atoms. The van der Waals surface area contributed by atoms with Crippen LogP contribution in [0.15, 0.2) is 65.8 Å². The summed E-state index contributed by atoms with van der Waals surface area (Å²) >= 11 is 5.92. The zero-order valence-electron chi connectivity index (χ0n) is 11.8. The summed E-state index contributed by atoms with van der Waals surface area (Å²) in [7, 11) is -3.97. The molecule has 0 saturated heterocycles. The van der Waals surface area contributed by atoms with Crippen LogP contribution in [0.25, 0.3) is 11.3 Å². The van der Waals surface area contributed by atoms with Crippen LogP contribution in [-0.2, 0) is 10.0 Å². The second kappa shape index (κ2) is 5.98. The molecule has 1 aromatic carbocycles. The second-order valence-electron chi connectivity index (χ2n) is 4.74. The third-order valence-corrected chi connectivity index (χ3v) is 5.39. The van der Waals surface area contributed by atoms with Crippen molar-refractivity contribution in [1.29, 1.82) is 0 Å². The first-order valence-electron chi connectivity index (χ1n) is 6.63. The number of nitrogens with zero attached hydrogens (tertiary/aromatic N) is 2. The summed E-state index contributed by atoms with van der Waals surface area (Å²) in [6.07, 6.45) is 3.28. The highest BCUT2D eigenvalue weighted by molar-refractivity contribution is 7.90. The van der Waals surface area contributed by atoms with Crippen LogP contribution in [0.2, 0.25) is 5.15 Å². The number of hydrogen-bond acceptors (Lipinski definition) is 4. The molecule has 3 rings (SSSR count). The average Bonchev–Trinajstić information content (AvgIpc) is 3.01. The van der Waals surface area contributed by atoms with Gasteiger partial charge in [0.25, 0.3) is 10.0 Å². The summed E-state index contributed by atoms with van der Waals surface area (Å²) in [4.78, 5) is 14.8. The number of aldehydes is 1. The van der Waals surface area contributed by atoms with E-state index in [1.54, 1.807) is 24.3 Å². The average molecular weight is 347 g/mol. The van der Waals surface area contributed by atoms with Crippen molar-refractivity contribution in [3.05, 3.63) is 71.6 Å². The van der Waals surface area contributed by atoms with Gasteiger partial charge in [-0.05, 0) is 23.8 Å². The predicted octanol–water partition coefficient (Wildman–Crippen LogP) is 3.25. The number of rotatable bonds is 4. The van der Waals surface area contributed by atoms with E-state index in [-0.39, 0.29) is 15.6 Å². The maximum absolute atomic E-state index is 12.9. The van der Waals surface area contributed by atoms with Crippen LogP contribution in [0.5, 0.6) is 0 Å². The molecule has 0 aliphatic carbocycles. The molecule has 5 nitrogen and oxygen atoms in total. The molecule has 0 N–H and O–H groups in total. The van der Waals surface area contributed by atoms with Crippen molar-refractivity contribution >= 4 is 27.9 Å². The molecule has 3 aromatic rings. The quantitative estimate of drug-likeness (QED) is 0.537. The monoisotopic (exact) mass is 346 g/mol. The SMILES string of the molecule is O=Cc1cc(-c2ccccc2)n(S(=O)(=O)c2cccnc2Cl)c1. The number of halogens is 1. The van der Waals surface area contributed by atoms with Gasteiger partial charge in [0.05, 0.1) is 5.69 Å². The molecule has 0 spiro atoms. The van der Waals surface area contributed by atoms with Gasteiger partial charge in [0.2, 0.25) is 0 Å². The minimum absolute atomic E-state index is 0.118. The minimum Gasteiger partial charge on any atom is -0.298 e. The highest BCUT2D eigenvalue weighted by Crippen LogP contribution is 2.28. The summed E-state index contributed by atoms with van der Waals surface area (Å²) in [5.41, 5.74) is 1.31. The van der Waals surface area contributed by atoms with Crippen molar-refractivity contribution in [3.63, 3.8) is 0 Å². The van der Waals surface area contributed by atoms with E-state index in [1.807, 2.05) is 6.07 Å². The Kier molecular flexibility index (Phi) is 4.02. The van der Waals surface area contributed by atoms with Crippen molar-refractivity contribution in [2.75, 3.05) is 0 Å². The van der Waals surface area contributed by atoms with Crippen LogP contribution in [0.3, 0.4) is 0 Å². The van der Waals surface area contributed by atoms with Crippen LogP contribution in [-0.4, -0.2) is 23.7 Å². The first-order chi connectivity index (χ1) is 11.0. The lowest BCUT2D eigenvalue weighted by molar-refractivity contribution is 0.112. The molecule has 0 radical (unpaired) electrons. The molecule has 0 aliphatic heterocycles. The molecule has 116 valence electrons. The van der Waals surface area contributed by atoms with Gasteiger partial charge < -0.3 is 0 Å².